The summed E-state index contributed by atoms with van der Waals surface area (Å²) in [6, 6.07) is 16.5. The third-order valence-electron chi connectivity index (χ3n) is 22.8. The number of halogens is 16. The number of carbonyl (C=O) groups excluding carboxylic acids is 1. The minimum atomic E-state index is -4.39. The summed E-state index contributed by atoms with van der Waals surface area (Å²) in [6.07, 6.45) is 7.43. The van der Waals surface area contributed by atoms with Crippen molar-refractivity contribution >= 4 is 173 Å². The Balaban J connectivity index is 0.000000128. The summed E-state index contributed by atoms with van der Waals surface area (Å²) >= 11 is 3.07. The lowest BCUT2D eigenvalue weighted by atomic mass is 10.1. The highest BCUT2D eigenvalue weighted by atomic mass is 79.9. The summed E-state index contributed by atoms with van der Waals surface area (Å²) in [5.41, 5.74) is 45.3. The number of hydrogen-bond acceptors (Lipinski definition) is 32. The average molecular weight is 2070 g/mol. The maximum absolute atomic E-state index is 14.3. The summed E-state index contributed by atoms with van der Waals surface area (Å²) < 4.78 is 188. The standard InChI is InChI=1S/C17H20F4N4O2.C11H11F4N5.C10H11F2N5.2C10H12FN5.2C10H13N5.C6H4BrFN4.2ClH/c1-16(2,3)27-14(26)8-10-7-13-22-15(23-25(13)9-11(10)18)24-6-4-5-12(24)17(19,20)21;12-6-5-20-9(4-7(6)16)17-10(18-20)19-3-1-2-8(19)11(13,14)15;11-6-1-2-16(4-6)10-14-9-3-8(13)7(12)5-17(9)15-10;2*11-7-1-3-15(6-7)10-13-9-5-8(12)2-4-16(9)14-10;2*11-8-3-6-15-9(7-8)12-10(13-15)14-4-1-2-5-14;7-6-10-5-1-4(9)3(8)2-12(5)11-6;;/h7,9,12H,4-6,8H2,1-3H3;4-5,8H,1-3,16H2;3,5-6H,1-2,4,13H2;2*2,4-5,7H,1,3,6,12H2;2*3,6-7H,1-2,4-5,11H2;1-2H,9H2;2*1H/t12-;8-;6-;2*7-;;;;;/m11010...../s1. The second kappa shape index (κ2) is 42.6. The molecule has 0 saturated carbocycles. The molecule has 7 fully saturated rings. The molecule has 140 heavy (non-hydrogen) atoms. The number of anilines is 14. The highest BCUT2D eigenvalue weighted by molar-refractivity contribution is 9.10. The van der Waals surface area contributed by atoms with E-state index in [1.807, 2.05) is 46.5 Å². The van der Waals surface area contributed by atoms with E-state index in [1.54, 1.807) is 80.4 Å². The van der Waals surface area contributed by atoms with Gasteiger partial charge in [0.2, 0.25) is 46.4 Å². The minimum Gasteiger partial charge on any atom is -0.460 e. The number of nitrogen functional groups attached to an aromatic ring is 7. The van der Waals surface area contributed by atoms with Crippen molar-refractivity contribution in [1.29, 1.82) is 0 Å². The molecular weight excluding hydrogens is 1970 g/mol. The van der Waals surface area contributed by atoms with Crippen LogP contribution in [0.5, 0.6) is 0 Å². The molecule has 0 bridgehead atoms. The predicted octanol–water partition coefficient (Wildman–Crippen LogP) is 11.9. The Morgan fingerprint density at radius 2 is 0.636 bits per heavy atom. The van der Waals surface area contributed by atoms with E-state index in [4.69, 9.17) is 44.9 Å². The van der Waals surface area contributed by atoms with E-state index in [2.05, 4.69) is 106 Å². The zero-order valence-corrected chi connectivity index (χ0v) is 78.5. The van der Waals surface area contributed by atoms with Gasteiger partial charge in [-0.3, -0.25) is 4.79 Å². The van der Waals surface area contributed by atoms with Crippen LogP contribution in [0, 0.1) is 23.3 Å². The Kier molecular flexibility index (Phi) is 31.0. The summed E-state index contributed by atoms with van der Waals surface area (Å²) in [6.45, 7) is 12.7. The van der Waals surface area contributed by atoms with E-state index < -0.39 is 77.8 Å². The predicted molar refractivity (Wildman–Crippen MR) is 507 cm³/mol. The van der Waals surface area contributed by atoms with Gasteiger partial charge in [0.05, 0.1) is 67.9 Å². The number of alkyl halides is 9. The van der Waals surface area contributed by atoms with Gasteiger partial charge < -0.3 is 79.2 Å². The molecule has 5 atom stereocenters. The Morgan fingerprint density at radius 1 is 0.357 bits per heavy atom. The van der Waals surface area contributed by atoms with Gasteiger partial charge >= 0.3 is 18.3 Å². The van der Waals surface area contributed by atoms with Gasteiger partial charge in [0.15, 0.2) is 62.6 Å². The zero-order valence-electron chi connectivity index (χ0n) is 75.2. The molecule has 0 amide bonds. The number of esters is 1. The lowest BCUT2D eigenvalue weighted by Crippen LogP contribution is -2.41. The third kappa shape index (κ3) is 24.5. The first-order valence-electron chi connectivity index (χ1n) is 43.9. The van der Waals surface area contributed by atoms with Gasteiger partial charge in [-0.15, -0.1) is 65.6 Å². The quantitative estimate of drug-likeness (QED) is 0.0521. The van der Waals surface area contributed by atoms with Crippen molar-refractivity contribution in [2.24, 2.45) is 0 Å². The number of aromatic nitrogens is 24. The smallest absolute Gasteiger partial charge is 0.408 e. The van der Waals surface area contributed by atoms with E-state index in [0.29, 0.717) is 121 Å². The average Bonchev–Trinajstić information content (AvgIpc) is 1.63. The molecule has 23 heterocycles. The van der Waals surface area contributed by atoms with Crippen LogP contribution in [-0.4, -0.2) is 250 Å². The topological polar surface area (TPSA) is 473 Å². The maximum Gasteiger partial charge on any atom is 0.408 e. The normalized spacial score (nSPS) is 18.1. The fourth-order valence-corrected chi connectivity index (χ4v) is 16.3. The van der Waals surface area contributed by atoms with Gasteiger partial charge in [-0.05, 0) is 138 Å². The first-order chi connectivity index (χ1) is 65.7. The van der Waals surface area contributed by atoms with Crippen molar-refractivity contribution in [2.45, 2.75) is 146 Å². The Labute approximate surface area is 807 Å². The first kappa shape index (κ1) is 102. The van der Waals surface area contributed by atoms with E-state index >= 15 is 0 Å². The van der Waals surface area contributed by atoms with Gasteiger partial charge in [0, 0.05) is 154 Å². The third-order valence-corrected chi connectivity index (χ3v) is 23.1. The number of carbonyl (C=O) groups is 1. The van der Waals surface area contributed by atoms with Crippen molar-refractivity contribution in [2.75, 3.05) is 153 Å². The second-order valence-electron chi connectivity index (χ2n) is 34.3. The van der Waals surface area contributed by atoms with Crippen molar-refractivity contribution in [3.63, 3.8) is 0 Å². The SMILES string of the molecule is CC(C)(C)OC(=O)Cc1cc2nc(N3CCC[C@@H]3C(F)(F)F)nn2cc1F.Cl.Cl.Nc1cc2nc(Br)nn2cc1F.Nc1cc2nc(N3CCC[C@@H]3C(F)(F)F)nn2cc1F.Nc1cc2nc(N3CC[C@H](F)C3)nn2cc1F.Nc1ccn2nc(N3CCCC3)nc2c1.Nc1ccn2nc(N3CCCC3)nc2c1.Nc1ccn2nc(N3CC[C@@H](F)C3)nc2c1.Nc1ccn2nc(N3CC[C@H](F)C3)nc2c1. The molecule has 748 valence electrons. The highest BCUT2D eigenvalue weighted by Gasteiger charge is 2.49. The summed E-state index contributed by atoms with van der Waals surface area (Å²) in [4.78, 5) is 57.7. The van der Waals surface area contributed by atoms with Crippen LogP contribution in [0.25, 0.3) is 45.2 Å². The lowest BCUT2D eigenvalue weighted by Gasteiger charge is -2.24. The Hall–Kier alpha value is -14.2. The fourth-order valence-electron chi connectivity index (χ4n) is 16.0. The van der Waals surface area contributed by atoms with Crippen LogP contribution >= 0.6 is 40.7 Å². The molecule has 0 spiro atoms. The number of nitrogens with zero attached hydrogens (tertiary/aromatic N) is 31. The van der Waals surface area contributed by atoms with Crippen molar-refractivity contribution in [1.82, 2.24) is 117 Å². The molecule has 7 aliphatic heterocycles. The second-order valence-corrected chi connectivity index (χ2v) is 35.0. The molecule has 0 aliphatic carbocycles. The zero-order chi connectivity index (χ0) is 97.9. The molecule has 16 aromatic heterocycles. The van der Waals surface area contributed by atoms with E-state index in [9.17, 15) is 61.9 Å². The Morgan fingerprint density at radius 3 is 0.950 bits per heavy atom. The molecule has 0 aromatic carbocycles. The van der Waals surface area contributed by atoms with Crippen LogP contribution < -0.4 is 74.4 Å². The Bertz CT molecular complexity index is 6690. The molecule has 23 rings (SSSR count). The highest BCUT2D eigenvalue weighted by Crippen LogP contribution is 2.38. The molecule has 0 radical (unpaired) electrons. The number of nitrogens with two attached hydrogens (primary N) is 7. The van der Waals surface area contributed by atoms with Crippen LogP contribution in [0.2, 0.25) is 0 Å². The van der Waals surface area contributed by atoms with Crippen LogP contribution in [0.15, 0.2) is 127 Å². The molecule has 16 aromatic rings. The summed E-state index contributed by atoms with van der Waals surface area (Å²) in [7, 11) is 0. The van der Waals surface area contributed by atoms with Crippen LogP contribution in [0.1, 0.15) is 97.0 Å². The molecule has 7 aliphatic rings. The molecule has 0 unspecified atom stereocenters. The van der Waals surface area contributed by atoms with Crippen LogP contribution in [-0.2, 0) is 16.0 Å². The summed E-state index contributed by atoms with van der Waals surface area (Å²) in [5.74, 6) is -0.0246. The van der Waals surface area contributed by atoms with Crippen molar-refractivity contribution < 1.29 is 66.6 Å². The summed E-state index contributed by atoms with van der Waals surface area (Å²) in [5, 5.41) is 33.2. The number of hydrogen-bond donors (Lipinski definition) is 7. The van der Waals surface area contributed by atoms with E-state index in [1.165, 1.54) is 71.4 Å². The number of rotatable bonds is 9. The first-order valence-corrected chi connectivity index (χ1v) is 44.7. The fraction of sp³-hybridized carbons (Fsp3) is 0.417. The molecule has 40 nitrogen and oxygen atoms in total. The van der Waals surface area contributed by atoms with E-state index in [-0.39, 0.29) is 110 Å². The van der Waals surface area contributed by atoms with Gasteiger partial charge in [-0.2, -0.15) is 61.2 Å². The molecular formula is C84H98BrCl2F13N38O2. The lowest BCUT2D eigenvalue weighted by molar-refractivity contribution is -0.154. The number of ether oxygens (including phenoxy) is 1. The van der Waals surface area contributed by atoms with E-state index in [0.717, 1.165) is 92.0 Å². The van der Waals surface area contributed by atoms with Gasteiger partial charge in [0.25, 0.3) is 0 Å². The maximum atomic E-state index is 14.3. The monoisotopic (exact) mass is 2070 g/mol. The number of fused-ring (bicyclic) bond motifs is 8. The molecule has 7 saturated heterocycles. The van der Waals surface area contributed by atoms with Gasteiger partial charge in [-0.1, -0.05) is 0 Å². The van der Waals surface area contributed by atoms with Crippen LogP contribution in [0.4, 0.5) is 139 Å². The van der Waals surface area contributed by atoms with Gasteiger partial charge in [-0.25, -0.2) is 71.8 Å². The van der Waals surface area contributed by atoms with Crippen molar-refractivity contribution in [3.8, 4) is 0 Å². The molecule has 14 N–H and O–H groups in total. The molecule has 56 heteroatoms. The minimum absolute atomic E-state index is 0. The van der Waals surface area contributed by atoms with Crippen LogP contribution in [0.3, 0.4) is 0 Å². The number of pyridine rings is 8. The van der Waals surface area contributed by atoms with Crippen molar-refractivity contribution in [3.05, 3.63) is 156 Å². The van der Waals surface area contributed by atoms with Gasteiger partial charge in [0.1, 0.15) is 42.0 Å². The largest absolute Gasteiger partial charge is 0.460 e.